The van der Waals surface area contributed by atoms with Gasteiger partial charge in [0.15, 0.2) is 0 Å². The molecule has 0 aromatic carbocycles. The summed E-state index contributed by atoms with van der Waals surface area (Å²) in [6.45, 7) is 2.90. The van der Waals surface area contributed by atoms with Crippen LogP contribution in [-0.2, 0) is 6.54 Å². The van der Waals surface area contributed by atoms with Crippen LogP contribution in [0.4, 0.5) is 0 Å². The van der Waals surface area contributed by atoms with E-state index in [4.69, 9.17) is 0 Å². The summed E-state index contributed by atoms with van der Waals surface area (Å²) >= 11 is 0. The van der Waals surface area contributed by atoms with E-state index in [9.17, 15) is 0 Å². The number of nitrogens with zero attached hydrogens (tertiary/aromatic N) is 3. The Morgan fingerprint density at radius 3 is 2.76 bits per heavy atom. The van der Waals surface area contributed by atoms with E-state index in [2.05, 4.69) is 45.2 Å². The number of rotatable bonds is 5. The Morgan fingerprint density at radius 2 is 2.12 bits per heavy atom. The van der Waals surface area contributed by atoms with Crippen molar-refractivity contribution in [1.82, 2.24) is 19.9 Å². The molecule has 1 unspecified atom stereocenters. The van der Waals surface area contributed by atoms with E-state index < -0.39 is 0 Å². The van der Waals surface area contributed by atoms with Gasteiger partial charge >= 0.3 is 0 Å². The van der Waals surface area contributed by atoms with Crippen molar-refractivity contribution in [3.05, 3.63) is 48.3 Å². The summed E-state index contributed by atoms with van der Waals surface area (Å²) in [5.41, 5.74) is 1.31. The molecule has 0 radical (unpaired) electrons. The van der Waals surface area contributed by atoms with Crippen LogP contribution in [0.3, 0.4) is 0 Å². The van der Waals surface area contributed by atoms with Crippen LogP contribution in [0.25, 0.3) is 0 Å². The summed E-state index contributed by atoms with van der Waals surface area (Å²) < 4.78 is 2.12. The van der Waals surface area contributed by atoms with Gasteiger partial charge < -0.3 is 9.88 Å². The number of hydrogen-bond acceptors (Lipinski definition) is 3. The van der Waals surface area contributed by atoms with Gasteiger partial charge in [0.1, 0.15) is 5.82 Å². The van der Waals surface area contributed by atoms with Crippen molar-refractivity contribution in [2.24, 2.45) is 0 Å². The lowest BCUT2D eigenvalue weighted by molar-refractivity contribution is 0.575. The average molecular weight is 230 g/mol. The molecule has 4 heteroatoms. The molecule has 0 amide bonds. The zero-order chi connectivity index (χ0) is 12.1. The molecule has 0 bridgehead atoms. The molecule has 0 aliphatic carbocycles. The molecule has 90 valence electrons. The van der Waals surface area contributed by atoms with E-state index in [0.29, 0.717) is 6.04 Å². The third-order valence-corrected chi connectivity index (χ3v) is 2.88. The van der Waals surface area contributed by atoms with Crippen molar-refractivity contribution < 1.29 is 0 Å². The maximum atomic E-state index is 4.22. The van der Waals surface area contributed by atoms with Crippen molar-refractivity contribution in [2.45, 2.75) is 25.9 Å². The van der Waals surface area contributed by atoms with Crippen molar-refractivity contribution in [3.8, 4) is 0 Å². The summed E-state index contributed by atoms with van der Waals surface area (Å²) in [5, 5.41) is 3.30. The molecule has 2 rings (SSSR count). The molecule has 2 heterocycles. The predicted octanol–water partition coefficient (Wildman–Crippen LogP) is 2.00. The molecule has 0 fully saturated rings. The Hall–Kier alpha value is -1.68. The molecular weight excluding hydrogens is 212 g/mol. The molecule has 1 atom stereocenters. The van der Waals surface area contributed by atoms with E-state index in [-0.39, 0.29) is 0 Å². The third-order valence-electron chi connectivity index (χ3n) is 2.88. The molecule has 2 aromatic rings. The second-order valence-corrected chi connectivity index (χ2v) is 4.03. The van der Waals surface area contributed by atoms with Gasteiger partial charge in [0.2, 0.25) is 0 Å². The van der Waals surface area contributed by atoms with Crippen LogP contribution in [0.15, 0.2) is 36.9 Å². The first-order chi connectivity index (χ1) is 8.33. The van der Waals surface area contributed by atoms with Gasteiger partial charge in [-0.2, -0.15) is 0 Å². The van der Waals surface area contributed by atoms with Crippen LogP contribution in [0.1, 0.15) is 30.8 Å². The normalized spacial score (nSPS) is 12.6. The van der Waals surface area contributed by atoms with E-state index in [1.54, 1.807) is 12.4 Å². The lowest BCUT2D eigenvalue weighted by atomic mass is 10.1. The summed E-state index contributed by atoms with van der Waals surface area (Å²) in [6.07, 6.45) is 8.86. The average Bonchev–Trinajstić information content (AvgIpc) is 2.81. The van der Waals surface area contributed by atoms with Gasteiger partial charge in [-0.15, -0.1) is 0 Å². The highest BCUT2D eigenvalue weighted by molar-refractivity contribution is 5.15. The number of hydrogen-bond donors (Lipinski definition) is 1. The Labute approximate surface area is 102 Å². The third kappa shape index (κ3) is 2.91. The van der Waals surface area contributed by atoms with Crippen LogP contribution in [0.5, 0.6) is 0 Å². The van der Waals surface area contributed by atoms with Gasteiger partial charge in [-0.3, -0.25) is 0 Å². The lowest BCUT2D eigenvalue weighted by Crippen LogP contribution is -2.14. The maximum Gasteiger partial charge on any atom is 0.147 e. The van der Waals surface area contributed by atoms with Gasteiger partial charge in [0, 0.05) is 30.8 Å². The zero-order valence-electron chi connectivity index (χ0n) is 10.3. The van der Waals surface area contributed by atoms with Gasteiger partial charge in [-0.25, -0.2) is 9.97 Å². The molecular formula is C13H18N4. The second-order valence-electron chi connectivity index (χ2n) is 4.03. The SMILES string of the molecule is CCC(NC)c1ccn(Cc2ncccn2)c1. The first-order valence-electron chi connectivity index (χ1n) is 5.92. The van der Waals surface area contributed by atoms with Crippen LogP contribution in [0, 0.1) is 0 Å². The minimum absolute atomic E-state index is 0.424. The van der Waals surface area contributed by atoms with Crippen LogP contribution >= 0.6 is 0 Å². The highest BCUT2D eigenvalue weighted by Crippen LogP contribution is 2.16. The summed E-state index contributed by atoms with van der Waals surface area (Å²) in [7, 11) is 1.99. The highest BCUT2D eigenvalue weighted by Gasteiger charge is 2.08. The number of nitrogens with one attached hydrogen (secondary N) is 1. The van der Waals surface area contributed by atoms with E-state index >= 15 is 0 Å². The standard InChI is InChI=1S/C13H18N4/c1-3-12(14-2)11-5-8-17(9-11)10-13-15-6-4-7-16-13/h4-9,12,14H,3,10H2,1-2H3. The monoisotopic (exact) mass is 230 g/mol. The second kappa shape index (κ2) is 5.59. The molecule has 0 spiro atoms. The smallest absolute Gasteiger partial charge is 0.147 e. The van der Waals surface area contributed by atoms with Gasteiger partial charge in [-0.1, -0.05) is 6.92 Å². The first-order valence-corrected chi connectivity index (χ1v) is 5.92. The molecule has 17 heavy (non-hydrogen) atoms. The number of aromatic nitrogens is 3. The van der Waals surface area contributed by atoms with E-state index in [1.807, 2.05) is 13.1 Å². The van der Waals surface area contributed by atoms with E-state index in [0.717, 1.165) is 18.8 Å². The minimum Gasteiger partial charge on any atom is -0.346 e. The van der Waals surface area contributed by atoms with Crippen LogP contribution in [-0.4, -0.2) is 21.6 Å². The molecule has 1 N–H and O–H groups in total. The fourth-order valence-electron chi connectivity index (χ4n) is 1.95. The Bertz CT molecular complexity index is 445. The summed E-state index contributed by atoms with van der Waals surface area (Å²) in [5.74, 6) is 0.840. The van der Waals surface area contributed by atoms with Gasteiger partial charge in [-0.05, 0) is 31.2 Å². The van der Waals surface area contributed by atoms with Gasteiger partial charge in [0.25, 0.3) is 0 Å². The molecule has 0 saturated carbocycles. The predicted molar refractivity (Wildman–Crippen MR) is 67.7 cm³/mol. The maximum absolute atomic E-state index is 4.22. The summed E-state index contributed by atoms with van der Waals surface area (Å²) in [6, 6.07) is 4.40. The van der Waals surface area contributed by atoms with Crippen molar-refractivity contribution in [2.75, 3.05) is 7.05 Å². The molecule has 2 aromatic heterocycles. The topological polar surface area (TPSA) is 42.7 Å². The first kappa shape index (κ1) is 11.8. The Morgan fingerprint density at radius 1 is 1.35 bits per heavy atom. The fourth-order valence-corrected chi connectivity index (χ4v) is 1.95. The zero-order valence-corrected chi connectivity index (χ0v) is 10.3. The highest BCUT2D eigenvalue weighted by atomic mass is 15.0. The molecule has 4 nitrogen and oxygen atoms in total. The molecule has 0 aliphatic rings. The lowest BCUT2D eigenvalue weighted by Gasteiger charge is -2.11. The van der Waals surface area contributed by atoms with Crippen molar-refractivity contribution >= 4 is 0 Å². The Balaban J connectivity index is 2.08. The summed E-state index contributed by atoms with van der Waals surface area (Å²) in [4.78, 5) is 8.44. The quantitative estimate of drug-likeness (QED) is 0.854. The Kier molecular flexibility index (Phi) is 3.88. The molecule has 0 aliphatic heterocycles. The largest absolute Gasteiger partial charge is 0.346 e. The minimum atomic E-state index is 0.424. The van der Waals surface area contributed by atoms with Crippen LogP contribution in [0.2, 0.25) is 0 Å². The van der Waals surface area contributed by atoms with Crippen LogP contribution < -0.4 is 5.32 Å². The van der Waals surface area contributed by atoms with E-state index in [1.165, 1.54) is 5.56 Å². The fraction of sp³-hybridized carbons (Fsp3) is 0.385. The van der Waals surface area contributed by atoms with Crippen molar-refractivity contribution in [3.63, 3.8) is 0 Å². The van der Waals surface area contributed by atoms with Crippen molar-refractivity contribution in [1.29, 1.82) is 0 Å². The van der Waals surface area contributed by atoms with Gasteiger partial charge in [0.05, 0.1) is 6.54 Å². The molecule has 0 saturated heterocycles.